The third-order valence-corrected chi connectivity index (χ3v) is 4.49. The average molecular weight is 277 g/mol. The predicted octanol–water partition coefficient (Wildman–Crippen LogP) is 1.76. The van der Waals surface area contributed by atoms with Crippen LogP contribution in [0.15, 0.2) is 18.2 Å². The van der Waals surface area contributed by atoms with E-state index in [1.807, 2.05) is 12.1 Å². The smallest absolute Gasteiger partial charge is 0.119 e. The average Bonchev–Trinajstić information content (AvgIpc) is 2.47. The minimum atomic E-state index is -0.431. The van der Waals surface area contributed by atoms with E-state index in [1.165, 1.54) is 5.56 Å². The molecule has 1 aliphatic heterocycles. The van der Waals surface area contributed by atoms with Crippen LogP contribution in [0.2, 0.25) is 0 Å². The summed E-state index contributed by atoms with van der Waals surface area (Å²) < 4.78 is 10.9. The van der Waals surface area contributed by atoms with Crippen molar-refractivity contribution < 1.29 is 14.6 Å². The van der Waals surface area contributed by atoms with Gasteiger partial charge in [-0.3, -0.25) is 4.90 Å². The zero-order valence-electron chi connectivity index (χ0n) is 12.2. The molecule has 3 unspecified atom stereocenters. The van der Waals surface area contributed by atoms with Crippen molar-refractivity contribution in [2.24, 2.45) is 0 Å². The Hall–Kier alpha value is -1.10. The van der Waals surface area contributed by atoms with Crippen LogP contribution in [-0.4, -0.2) is 49.0 Å². The fourth-order valence-corrected chi connectivity index (χ4v) is 3.40. The minimum Gasteiger partial charge on any atom is -0.497 e. The van der Waals surface area contributed by atoms with Gasteiger partial charge >= 0.3 is 0 Å². The number of nitrogens with zero attached hydrogens (tertiary/aromatic N) is 1. The number of hydrogen-bond donors (Lipinski definition) is 1. The maximum atomic E-state index is 10.7. The number of hydrogen-bond acceptors (Lipinski definition) is 4. The Morgan fingerprint density at radius 3 is 3.00 bits per heavy atom. The van der Waals surface area contributed by atoms with E-state index < -0.39 is 6.10 Å². The van der Waals surface area contributed by atoms with Gasteiger partial charge in [0.05, 0.1) is 25.9 Å². The van der Waals surface area contributed by atoms with Crippen molar-refractivity contribution in [1.29, 1.82) is 0 Å². The highest BCUT2D eigenvalue weighted by molar-refractivity contribution is 5.39. The molecule has 0 saturated carbocycles. The van der Waals surface area contributed by atoms with Crippen molar-refractivity contribution >= 4 is 0 Å². The van der Waals surface area contributed by atoms with E-state index in [9.17, 15) is 5.11 Å². The number of rotatable bonds is 2. The summed E-state index contributed by atoms with van der Waals surface area (Å²) >= 11 is 0. The standard InChI is InChI=1S/C16H23NO3/c1-11-10-17(7-8-20-11)15-6-4-12-3-5-13(19-2)9-14(12)16(15)18/h3,5,9,11,15-16,18H,4,6-8,10H2,1-2H3. The molecule has 3 rings (SSSR count). The van der Waals surface area contributed by atoms with Gasteiger partial charge in [-0.15, -0.1) is 0 Å². The number of methoxy groups -OCH3 is 1. The van der Waals surface area contributed by atoms with Crippen molar-refractivity contribution in [3.05, 3.63) is 29.3 Å². The Labute approximate surface area is 120 Å². The molecule has 0 radical (unpaired) electrons. The van der Waals surface area contributed by atoms with Crippen LogP contribution >= 0.6 is 0 Å². The molecule has 2 aliphatic rings. The second-order valence-electron chi connectivity index (χ2n) is 5.79. The molecule has 1 aromatic rings. The number of benzene rings is 1. The highest BCUT2D eigenvalue weighted by Crippen LogP contribution is 2.35. The maximum absolute atomic E-state index is 10.7. The molecule has 4 nitrogen and oxygen atoms in total. The Morgan fingerprint density at radius 1 is 1.40 bits per heavy atom. The first kappa shape index (κ1) is 13.9. The van der Waals surface area contributed by atoms with Gasteiger partial charge in [-0.05, 0) is 43.0 Å². The van der Waals surface area contributed by atoms with Gasteiger partial charge in [0, 0.05) is 19.1 Å². The van der Waals surface area contributed by atoms with Crippen molar-refractivity contribution in [2.75, 3.05) is 26.8 Å². The van der Waals surface area contributed by atoms with Crippen molar-refractivity contribution in [3.63, 3.8) is 0 Å². The van der Waals surface area contributed by atoms with Gasteiger partial charge in [0.2, 0.25) is 0 Å². The van der Waals surface area contributed by atoms with Crippen LogP contribution < -0.4 is 4.74 Å². The van der Waals surface area contributed by atoms with E-state index in [0.717, 1.165) is 43.9 Å². The van der Waals surface area contributed by atoms with Gasteiger partial charge in [0.1, 0.15) is 5.75 Å². The Kier molecular flexibility index (Phi) is 3.96. The summed E-state index contributed by atoms with van der Waals surface area (Å²) in [4.78, 5) is 2.38. The van der Waals surface area contributed by atoms with Gasteiger partial charge in [0.15, 0.2) is 0 Å². The summed E-state index contributed by atoms with van der Waals surface area (Å²) in [6.07, 6.45) is 1.85. The third-order valence-electron chi connectivity index (χ3n) is 4.49. The van der Waals surface area contributed by atoms with Gasteiger partial charge in [0.25, 0.3) is 0 Å². The molecule has 4 heteroatoms. The monoisotopic (exact) mass is 277 g/mol. The summed E-state index contributed by atoms with van der Waals surface area (Å²) in [5, 5.41) is 10.7. The van der Waals surface area contributed by atoms with Crippen molar-refractivity contribution in [3.8, 4) is 5.75 Å². The number of aryl methyl sites for hydroxylation is 1. The molecule has 0 spiro atoms. The lowest BCUT2D eigenvalue weighted by Crippen LogP contribution is -2.50. The van der Waals surface area contributed by atoms with Gasteiger partial charge in [-0.1, -0.05) is 6.07 Å². The summed E-state index contributed by atoms with van der Waals surface area (Å²) in [6.45, 7) is 4.67. The zero-order chi connectivity index (χ0) is 14.1. The van der Waals surface area contributed by atoms with Crippen molar-refractivity contribution in [2.45, 2.75) is 38.0 Å². The third kappa shape index (κ3) is 2.55. The molecule has 20 heavy (non-hydrogen) atoms. The highest BCUT2D eigenvalue weighted by atomic mass is 16.5. The van der Waals surface area contributed by atoms with Crippen LogP contribution in [0.1, 0.15) is 30.6 Å². The summed E-state index contributed by atoms with van der Waals surface area (Å²) in [5.74, 6) is 0.818. The van der Waals surface area contributed by atoms with E-state index >= 15 is 0 Å². The molecule has 110 valence electrons. The molecule has 1 N–H and O–H groups in total. The van der Waals surface area contributed by atoms with E-state index in [4.69, 9.17) is 9.47 Å². The van der Waals surface area contributed by atoms with Gasteiger partial charge in [-0.2, -0.15) is 0 Å². The van der Waals surface area contributed by atoms with Crippen molar-refractivity contribution in [1.82, 2.24) is 4.90 Å². The molecular formula is C16H23NO3. The van der Waals surface area contributed by atoms with Crippen LogP contribution in [0.4, 0.5) is 0 Å². The topological polar surface area (TPSA) is 41.9 Å². The molecule has 0 amide bonds. The lowest BCUT2D eigenvalue weighted by Gasteiger charge is -2.42. The largest absolute Gasteiger partial charge is 0.497 e. The Bertz CT molecular complexity index is 477. The van der Waals surface area contributed by atoms with Crippen LogP contribution in [-0.2, 0) is 11.2 Å². The highest BCUT2D eigenvalue weighted by Gasteiger charge is 2.34. The van der Waals surface area contributed by atoms with Gasteiger partial charge < -0.3 is 14.6 Å². The summed E-state index contributed by atoms with van der Waals surface area (Å²) in [6, 6.07) is 6.23. The van der Waals surface area contributed by atoms with E-state index in [2.05, 4.69) is 17.9 Å². The summed E-state index contributed by atoms with van der Waals surface area (Å²) in [5.41, 5.74) is 2.27. The first-order valence-corrected chi connectivity index (χ1v) is 7.39. The maximum Gasteiger partial charge on any atom is 0.119 e. The first-order chi connectivity index (χ1) is 9.69. The fraction of sp³-hybridized carbons (Fsp3) is 0.625. The molecule has 3 atom stereocenters. The van der Waals surface area contributed by atoms with Crippen LogP contribution in [0, 0.1) is 0 Å². The van der Waals surface area contributed by atoms with E-state index in [1.54, 1.807) is 7.11 Å². The molecule has 1 saturated heterocycles. The SMILES string of the molecule is COc1ccc2c(c1)C(O)C(N1CCOC(C)C1)CC2. The van der Waals surface area contributed by atoms with Crippen LogP contribution in [0.5, 0.6) is 5.75 Å². The number of fused-ring (bicyclic) bond motifs is 1. The second kappa shape index (κ2) is 5.72. The number of ether oxygens (including phenoxy) is 2. The molecule has 0 aromatic heterocycles. The first-order valence-electron chi connectivity index (χ1n) is 7.39. The Balaban J connectivity index is 1.82. The lowest BCUT2D eigenvalue weighted by molar-refractivity contribution is -0.0624. The molecule has 0 bridgehead atoms. The van der Waals surface area contributed by atoms with E-state index in [0.29, 0.717) is 0 Å². The molecule has 1 aliphatic carbocycles. The molecule has 1 fully saturated rings. The molecule has 1 aromatic carbocycles. The normalized spacial score (nSPS) is 30.9. The molecule has 1 heterocycles. The number of aliphatic hydroxyl groups is 1. The predicted molar refractivity (Wildman–Crippen MR) is 77.0 cm³/mol. The Morgan fingerprint density at radius 2 is 2.25 bits per heavy atom. The molecular weight excluding hydrogens is 254 g/mol. The summed E-state index contributed by atoms with van der Waals surface area (Å²) in [7, 11) is 1.66. The number of morpholine rings is 1. The van der Waals surface area contributed by atoms with Gasteiger partial charge in [-0.25, -0.2) is 0 Å². The lowest BCUT2D eigenvalue weighted by atomic mass is 9.84. The van der Waals surface area contributed by atoms with E-state index in [-0.39, 0.29) is 12.1 Å². The zero-order valence-corrected chi connectivity index (χ0v) is 12.2. The fourth-order valence-electron chi connectivity index (χ4n) is 3.40. The van der Waals surface area contributed by atoms with Crippen LogP contribution in [0.3, 0.4) is 0 Å². The number of aliphatic hydroxyl groups excluding tert-OH is 1. The second-order valence-corrected chi connectivity index (χ2v) is 5.79. The van der Waals surface area contributed by atoms with Crippen LogP contribution in [0.25, 0.3) is 0 Å². The minimum absolute atomic E-state index is 0.195. The quantitative estimate of drug-likeness (QED) is 0.894.